The Morgan fingerprint density at radius 1 is 1.43 bits per heavy atom. The van der Waals surface area contributed by atoms with Crippen molar-refractivity contribution in [1.82, 2.24) is 4.90 Å². The Morgan fingerprint density at radius 3 is 2.86 bits per heavy atom. The highest BCUT2D eigenvalue weighted by Gasteiger charge is 2.37. The Labute approximate surface area is 134 Å². The molecule has 2 nitrogen and oxygen atoms in total. The van der Waals surface area contributed by atoms with Gasteiger partial charge in [0.1, 0.15) is 0 Å². The summed E-state index contributed by atoms with van der Waals surface area (Å²) in [5.41, 5.74) is 6.48. The standard InChI is InChI=1S/C18H32N2S/c1-4-7-16-8-5-11-18(14-19,12-10-16)20(3)15(2)17-9-6-13-21-17/h6,9,13,15-16H,4-5,7-8,10-12,14,19H2,1-3H3. The van der Waals surface area contributed by atoms with E-state index in [2.05, 4.69) is 43.3 Å². The average Bonchev–Trinajstić information content (AvgIpc) is 2.95. The first kappa shape index (κ1) is 17.0. The van der Waals surface area contributed by atoms with E-state index in [0.717, 1.165) is 12.5 Å². The van der Waals surface area contributed by atoms with Crippen molar-refractivity contribution in [2.45, 2.75) is 70.4 Å². The quantitative estimate of drug-likeness (QED) is 0.763. The summed E-state index contributed by atoms with van der Waals surface area (Å²) in [6.45, 7) is 5.43. The minimum absolute atomic E-state index is 0.200. The van der Waals surface area contributed by atoms with Crippen LogP contribution in [0.2, 0.25) is 0 Å². The SMILES string of the molecule is CCCC1CCCC(CN)(N(C)C(C)c2cccs2)CC1. The van der Waals surface area contributed by atoms with Gasteiger partial charge in [-0.3, -0.25) is 4.90 Å². The van der Waals surface area contributed by atoms with Gasteiger partial charge in [-0.05, 0) is 50.6 Å². The Morgan fingerprint density at radius 2 is 2.24 bits per heavy atom. The molecule has 0 spiro atoms. The summed E-state index contributed by atoms with van der Waals surface area (Å²) in [5.74, 6) is 0.925. The highest BCUT2D eigenvalue weighted by Crippen LogP contribution is 2.39. The number of hydrogen-bond acceptors (Lipinski definition) is 3. The molecule has 21 heavy (non-hydrogen) atoms. The molecule has 1 aromatic heterocycles. The molecule has 1 saturated carbocycles. The maximum atomic E-state index is 6.28. The van der Waals surface area contributed by atoms with Crippen LogP contribution in [0.25, 0.3) is 0 Å². The second-order valence-corrected chi connectivity index (χ2v) is 7.80. The minimum Gasteiger partial charge on any atom is -0.329 e. The van der Waals surface area contributed by atoms with E-state index in [0.29, 0.717) is 6.04 Å². The van der Waals surface area contributed by atoms with Crippen LogP contribution in [0.1, 0.15) is 69.7 Å². The van der Waals surface area contributed by atoms with Crippen molar-refractivity contribution in [2.24, 2.45) is 11.7 Å². The molecule has 0 aromatic carbocycles. The van der Waals surface area contributed by atoms with Crippen LogP contribution in [-0.4, -0.2) is 24.0 Å². The lowest BCUT2D eigenvalue weighted by atomic mass is 9.86. The largest absolute Gasteiger partial charge is 0.329 e. The van der Waals surface area contributed by atoms with Crippen molar-refractivity contribution in [3.63, 3.8) is 0 Å². The van der Waals surface area contributed by atoms with Gasteiger partial charge >= 0.3 is 0 Å². The lowest BCUT2D eigenvalue weighted by molar-refractivity contribution is 0.0694. The maximum Gasteiger partial charge on any atom is 0.0416 e. The van der Waals surface area contributed by atoms with E-state index in [1.54, 1.807) is 0 Å². The summed E-state index contributed by atoms with van der Waals surface area (Å²) >= 11 is 1.86. The van der Waals surface area contributed by atoms with Crippen LogP contribution in [-0.2, 0) is 0 Å². The molecular weight excluding hydrogens is 276 g/mol. The molecule has 0 saturated heterocycles. The van der Waals surface area contributed by atoms with Gasteiger partial charge in [0.15, 0.2) is 0 Å². The van der Waals surface area contributed by atoms with E-state index in [1.165, 1.54) is 49.8 Å². The molecule has 2 rings (SSSR count). The van der Waals surface area contributed by atoms with Crippen molar-refractivity contribution in [3.05, 3.63) is 22.4 Å². The van der Waals surface area contributed by atoms with E-state index in [4.69, 9.17) is 5.73 Å². The number of likely N-dealkylation sites (N-methyl/N-ethyl adjacent to an activating group) is 1. The zero-order valence-electron chi connectivity index (χ0n) is 14.0. The lowest BCUT2D eigenvalue weighted by Gasteiger charge is -2.44. The molecule has 0 radical (unpaired) electrons. The first-order valence-electron chi connectivity index (χ1n) is 8.59. The van der Waals surface area contributed by atoms with Gasteiger partial charge in [0.25, 0.3) is 0 Å². The zero-order valence-corrected chi connectivity index (χ0v) is 14.8. The van der Waals surface area contributed by atoms with Gasteiger partial charge in [0.2, 0.25) is 0 Å². The molecule has 1 aliphatic rings. The van der Waals surface area contributed by atoms with E-state index >= 15 is 0 Å². The third-order valence-corrected chi connectivity index (χ3v) is 6.68. The Balaban J connectivity index is 2.09. The number of hydrogen-bond donors (Lipinski definition) is 1. The fourth-order valence-electron chi connectivity index (χ4n) is 3.99. The topological polar surface area (TPSA) is 29.3 Å². The van der Waals surface area contributed by atoms with Crippen LogP contribution in [0, 0.1) is 5.92 Å². The smallest absolute Gasteiger partial charge is 0.0416 e. The van der Waals surface area contributed by atoms with E-state index in [-0.39, 0.29) is 5.54 Å². The maximum absolute atomic E-state index is 6.28. The van der Waals surface area contributed by atoms with Gasteiger partial charge in [0, 0.05) is 23.0 Å². The fourth-order valence-corrected chi connectivity index (χ4v) is 4.82. The summed E-state index contributed by atoms with van der Waals surface area (Å²) in [6.07, 6.45) is 9.33. The summed E-state index contributed by atoms with van der Waals surface area (Å²) in [6, 6.07) is 4.88. The van der Waals surface area contributed by atoms with E-state index in [9.17, 15) is 0 Å². The summed E-state index contributed by atoms with van der Waals surface area (Å²) in [5, 5.41) is 2.18. The average molecular weight is 309 g/mol. The zero-order chi connectivity index (χ0) is 15.3. The molecule has 1 heterocycles. The number of thiophene rings is 1. The first-order chi connectivity index (χ1) is 10.1. The van der Waals surface area contributed by atoms with Gasteiger partial charge in [-0.2, -0.15) is 0 Å². The normalized spacial score (nSPS) is 28.5. The second-order valence-electron chi connectivity index (χ2n) is 6.82. The van der Waals surface area contributed by atoms with Crippen LogP contribution in [0.3, 0.4) is 0 Å². The summed E-state index contributed by atoms with van der Waals surface area (Å²) < 4.78 is 0. The third kappa shape index (κ3) is 3.88. The van der Waals surface area contributed by atoms with Crippen LogP contribution >= 0.6 is 11.3 Å². The number of nitrogens with two attached hydrogens (primary N) is 1. The van der Waals surface area contributed by atoms with E-state index in [1.807, 2.05) is 11.3 Å². The lowest BCUT2D eigenvalue weighted by Crippen LogP contribution is -2.52. The van der Waals surface area contributed by atoms with Gasteiger partial charge in [-0.1, -0.05) is 38.7 Å². The molecular formula is C18H32N2S. The molecule has 0 bridgehead atoms. The molecule has 3 heteroatoms. The molecule has 0 aliphatic heterocycles. The predicted molar refractivity (Wildman–Crippen MR) is 93.8 cm³/mol. The van der Waals surface area contributed by atoms with Crippen LogP contribution in [0.5, 0.6) is 0 Å². The van der Waals surface area contributed by atoms with Crippen LogP contribution < -0.4 is 5.73 Å². The Kier molecular flexibility index (Phi) is 6.27. The molecule has 2 N–H and O–H groups in total. The van der Waals surface area contributed by atoms with Gasteiger partial charge < -0.3 is 5.73 Å². The molecule has 120 valence electrons. The van der Waals surface area contributed by atoms with Crippen molar-refractivity contribution in [1.29, 1.82) is 0 Å². The molecule has 1 aliphatic carbocycles. The van der Waals surface area contributed by atoms with Gasteiger partial charge in [-0.25, -0.2) is 0 Å². The number of rotatable bonds is 6. The predicted octanol–water partition coefficient (Wildman–Crippen LogP) is 4.82. The molecule has 0 amide bonds. The highest BCUT2D eigenvalue weighted by atomic mass is 32.1. The highest BCUT2D eigenvalue weighted by molar-refractivity contribution is 7.10. The summed E-state index contributed by atoms with van der Waals surface area (Å²) in [4.78, 5) is 4.03. The van der Waals surface area contributed by atoms with Crippen molar-refractivity contribution in [2.75, 3.05) is 13.6 Å². The van der Waals surface area contributed by atoms with Crippen LogP contribution in [0.4, 0.5) is 0 Å². The molecule has 3 unspecified atom stereocenters. The van der Waals surface area contributed by atoms with Crippen LogP contribution in [0.15, 0.2) is 17.5 Å². The molecule has 3 atom stereocenters. The van der Waals surface area contributed by atoms with Gasteiger partial charge in [0.05, 0.1) is 0 Å². The van der Waals surface area contributed by atoms with Crippen molar-refractivity contribution >= 4 is 11.3 Å². The number of nitrogens with zero attached hydrogens (tertiary/aromatic N) is 1. The second kappa shape index (κ2) is 7.75. The Hall–Kier alpha value is -0.380. The minimum atomic E-state index is 0.200. The monoisotopic (exact) mass is 308 g/mol. The van der Waals surface area contributed by atoms with Crippen molar-refractivity contribution < 1.29 is 0 Å². The molecule has 1 fully saturated rings. The van der Waals surface area contributed by atoms with Gasteiger partial charge in [-0.15, -0.1) is 11.3 Å². The van der Waals surface area contributed by atoms with Crippen molar-refractivity contribution in [3.8, 4) is 0 Å². The Bertz CT molecular complexity index is 403. The summed E-state index contributed by atoms with van der Waals surface area (Å²) in [7, 11) is 2.29. The fraction of sp³-hybridized carbons (Fsp3) is 0.778. The van der Waals surface area contributed by atoms with E-state index < -0.39 is 0 Å². The first-order valence-corrected chi connectivity index (χ1v) is 9.47. The third-order valence-electron chi connectivity index (χ3n) is 5.63. The molecule has 1 aromatic rings.